The molecule has 112 valence electrons. The fourth-order valence-electron chi connectivity index (χ4n) is 2.40. The fraction of sp³-hybridized carbons (Fsp3) is 0.692. The van der Waals surface area contributed by atoms with Gasteiger partial charge < -0.3 is 11.1 Å². The smallest absolute Gasteiger partial charge is 0.332 e. The zero-order valence-corrected chi connectivity index (χ0v) is 12.8. The Morgan fingerprint density at radius 1 is 1.35 bits per heavy atom. The molecule has 1 aromatic rings. The second-order valence-corrected chi connectivity index (χ2v) is 6.31. The monoisotopic (exact) mass is 298 g/mol. The van der Waals surface area contributed by atoms with E-state index in [1.165, 1.54) is 11.6 Å². The molecule has 0 atom stereocenters. The number of rotatable bonds is 4. The van der Waals surface area contributed by atoms with E-state index in [0.29, 0.717) is 12.2 Å². The van der Waals surface area contributed by atoms with Crippen LogP contribution in [0, 0.1) is 0 Å². The lowest BCUT2D eigenvalue weighted by atomic mass is 10.1. The van der Waals surface area contributed by atoms with E-state index in [2.05, 4.69) is 5.32 Å². The van der Waals surface area contributed by atoms with Crippen molar-refractivity contribution in [3.8, 4) is 0 Å². The third-order valence-electron chi connectivity index (χ3n) is 3.60. The van der Waals surface area contributed by atoms with Crippen molar-refractivity contribution in [2.75, 3.05) is 22.6 Å². The number of nitrogen functional groups attached to an aromatic ring is 1. The van der Waals surface area contributed by atoms with E-state index in [1.807, 2.05) is 18.7 Å². The largest absolute Gasteiger partial charge is 0.383 e. The quantitative estimate of drug-likeness (QED) is 0.861. The summed E-state index contributed by atoms with van der Waals surface area (Å²) >= 11 is 1.92. The number of nitrogens with zero attached hydrogens (tertiary/aromatic N) is 2. The molecule has 6 nitrogen and oxygen atoms in total. The molecule has 0 radical (unpaired) electrons. The summed E-state index contributed by atoms with van der Waals surface area (Å²) in [5, 5.41) is 3.25. The van der Waals surface area contributed by atoms with E-state index in [0.717, 1.165) is 35.3 Å². The zero-order chi connectivity index (χ0) is 14.7. The molecular formula is C13H22N4O2S. The van der Waals surface area contributed by atoms with Gasteiger partial charge in [-0.2, -0.15) is 11.8 Å². The summed E-state index contributed by atoms with van der Waals surface area (Å²) in [6, 6.07) is 0.263. The van der Waals surface area contributed by atoms with E-state index in [4.69, 9.17) is 5.73 Å². The van der Waals surface area contributed by atoms with Crippen LogP contribution in [0.1, 0.15) is 26.2 Å². The average Bonchev–Trinajstić information content (AvgIpc) is 2.47. The Bertz CT molecular complexity index is 587. The van der Waals surface area contributed by atoms with Gasteiger partial charge in [0.2, 0.25) is 0 Å². The lowest BCUT2D eigenvalue weighted by Gasteiger charge is -2.25. The molecule has 2 heterocycles. The number of aromatic nitrogens is 2. The number of anilines is 2. The molecule has 0 bridgehead atoms. The molecule has 1 aliphatic rings. The van der Waals surface area contributed by atoms with E-state index in [-0.39, 0.29) is 23.1 Å². The predicted molar refractivity (Wildman–Crippen MR) is 84.6 cm³/mol. The summed E-state index contributed by atoms with van der Waals surface area (Å²) in [7, 11) is 1.50. The van der Waals surface area contributed by atoms with Crippen molar-refractivity contribution in [2.45, 2.75) is 38.8 Å². The van der Waals surface area contributed by atoms with Crippen molar-refractivity contribution in [1.82, 2.24) is 9.13 Å². The minimum Gasteiger partial charge on any atom is -0.383 e. The molecule has 2 rings (SSSR count). The van der Waals surface area contributed by atoms with Crippen LogP contribution in [0.2, 0.25) is 0 Å². The highest BCUT2D eigenvalue weighted by atomic mass is 32.2. The van der Waals surface area contributed by atoms with Crippen LogP contribution < -0.4 is 22.3 Å². The number of hydrogen-bond acceptors (Lipinski definition) is 5. The van der Waals surface area contributed by atoms with Crippen LogP contribution in [0.3, 0.4) is 0 Å². The Kier molecular flexibility index (Phi) is 4.80. The van der Waals surface area contributed by atoms with Crippen molar-refractivity contribution in [2.24, 2.45) is 7.05 Å². The molecule has 0 saturated carbocycles. The molecule has 7 heteroatoms. The molecule has 1 aromatic heterocycles. The maximum Gasteiger partial charge on any atom is 0.332 e. The molecule has 3 N–H and O–H groups in total. The van der Waals surface area contributed by atoms with Crippen LogP contribution in [-0.2, 0) is 13.6 Å². The summed E-state index contributed by atoms with van der Waals surface area (Å²) in [5.41, 5.74) is 5.73. The number of nitrogens with two attached hydrogens (primary N) is 1. The first-order valence-electron chi connectivity index (χ1n) is 6.99. The Morgan fingerprint density at radius 2 is 2.00 bits per heavy atom. The van der Waals surface area contributed by atoms with Crippen molar-refractivity contribution in [1.29, 1.82) is 0 Å². The molecule has 1 fully saturated rings. The second kappa shape index (κ2) is 6.39. The van der Waals surface area contributed by atoms with Crippen LogP contribution in [0.15, 0.2) is 9.59 Å². The number of thioether (sulfide) groups is 1. The maximum absolute atomic E-state index is 12.2. The van der Waals surface area contributed by atoms with E-state index < -0.39 is 0 Å². The number of hydrogen-bond donors (Lipinski definition) is 2. The first-order chi connectivity index (χ1) is 9.56. The Morgan fingerprint density at radius 3 is 2.60 bits per heavy atom. The Labute approximate surface area is 122 Å². The SMILES string of the molecule is CCCn1c(N)c(NC2CCSCC2)c(=O)n(C)c1=O. The topological polar surface area (TPSA) is 82.0 Å². The molecule has 0 aromatic carbocycles. The summed E-state index contributed by atoms with van der Waals surface area (Å²) in [5.74, 6) is 2.44. The molecule has 20 heavy (non-hydrogen) atoms. The maximum atomic E-state index is 12.2. The van der Waals surface area contributed by atoms with Gasteiger partial charge in [0.25, 0.3) is 5.56 Å². The van der Waals surface area contributed by atoms with Crippen LogP contribution in [0.25, 0.3) is 0 Å². The van der Waals surface area contributed by atoms with E-state index in [1.54, 1.807) is 0 Å². The van der Waals surface area contributed by atoms with Crippen LogP contribution in [0.5, 0.6) is 0 Å². The van der Waals surface area contributed by atoms with E-state index in [9.17, 15) is 9.59 Å². The molecule has 0 spiro atoms. The second-order valence-electron chi connectivity index (χ2n) is 5.09. The zero-order valence-electron chi connectivity index (χ0n) is 12.0. The highest BCUT2D eigenvalue weighted by Gasteiger charge is 2.19. The normalized spacial score (nSPS) is 16.3. The first-order valence-corrected chi connectivity index (χ1v) is 8.15. The fourth-order valence-corrected chi connectivity index (χ4v) is 3.51. The summed E-state index contributed by atoms with van der Waals surface area (Å²) in [4.78, 5) is 24.3. The van der Waals surface area contributed by atoms with Gasteiger partial charge in [0.15, 0.2) is 0 Å². The Hall–Kier alpha value is -1.37. The lowest BCUT2D eigenvalue weighted by molar-refractivity contribution is 0.595. The highest BCUT2D eigenvalue weighted by Crippen LogP contribution is 2.21. The van der Waals surface area contributed by atoms with Gasteiger partial charge in [0.05, 0.1) is 0 Å². The molecular weight excluding hydrogens is 276 g/mol. The van der Waals surface area contributed by atoms with Gasteiger partial charge in [0, 0.05) is 19.6 Å². The Balaban J connectivity index is 2.41. The van der Waals surface area contributed by atoms with Gasteiger partial charge in [0.1, 0.15) is 11.5 Å². The van der Waals surface area contributed by atoms with Gasteiger partial charge in [-0.1, -0.05) is 6.92 Å². The highest BCUT2D eigenvalue weighted by molar-refractivity contribution is 7.99. The summed E-state index contributed by atoms with van der Waals surface area (Å²) < 4.78 is 2.60. The van der Waals surface area contributed by atoms with Gasteiger partial charge >= 0.3 is 5.69 Å². The summed E-state index contributed by atoms with van der Waals surface area (Å²) in [6.07, 6.45) is 2.82. The van der Waals surface area contributed by atoms with Crippen LogP contribution in [-0.4, -0.2) is 26.7 Å². The van der Waals surface area contributed by atoms with Crippen molar-refractivity contribution >= 4 is 23.3 Å². The van der Waals surface area contributed by atoms with Crippen LogP contribution in [0.4, 0.5) is 11.5 Å². The van der Waals surface area contributed by atoms with Crippen molar-refractivity contribution in [3.05, 3.63) is 20.8 Å². The minimum absolute atomic E-state index is 0.262. The standard InChI is InChI=1S/C13H22N4O2S/c1-3-6-17-11(14)10(12(18)16(2)13(17)19)15-9-4-7-20-8-5-9/h9,15H,3-8,14H2,1-2H3. The average molecular weight is 298 g/mol. The third kappa shape index (κ3) is 2.87. The number of nitrogens with one attached hydrogen (secondary N) is 1. The predicted octanol–water partition coefficient (Wildman–Crippen LogP) is 0.847. The van der Waals surface area contributed by atoms with Crippen molar-refractivity contribution in [3.63, 3.8) is 0 Å². The van der Waals surface area contributed by atoms with Crippen LogP contribution >= 0.6 is 11.8 Å². The lowest BCUT2D eigenvalue weighted by Crippen LogP contribution is -2.42. The molecule has 1 aliphatic heterocycles. The van der Waals surface area contributed by atoms with Gasteiger partial charge in [-0.15, -0.1) is 0 Å². The first kappa shape index (κ1) is 15.0. The van der Waals surface area contributed by atoms with Gasteiger partial charge in [-0.05, 0) is 30.8 Å². The third-order valence-corrected chi connectivity index (χ3v) is 4.65. The molecule has 0 amide bonds. The van der Waals surface area contributed by atoms with Gasteiger partial charge in [-0.25, -0.2) is 4.79 Å². The molecule has 1 saturated heterocycles. The van der Waals surface area contributed by atoms with Crippen molar-refractivity contribution < 1.29 is 0 Å². The van der Waals surface area contributed by atoms with Gasteiger partial charge in [-0.3, -0.25) is 13.9 Å². The molecule has 0 unspecified atom stereocenters. The summed E-state index contributed by atoms with van der Waals surface area (Å²) in [6.45, 7) is 2.50. The minimum atomic E-state index is -0.348. The van der Waals surface area contributed by atoms with E-state index >= 15 is 0 Å². The molecule has 0 aliphatic carbocycles.